The molecule has 0 aliphatic carbocycles. The summed E-state index contributed by atoms with van der Waals surface area (Å²) in [6.07, 6.45) is 1.24. The maximum atomic E-state index is 13.1. The van der Waals surface area contributed by atoms with Gasteiger partial charge in [0.15, 0.2) is 0 Å². The van der Waals surface area contributed by atoms with Crippen molar-refractivity contribution in [3.8, 4) is 0 Å². The van der Waals surface area contributed by atoms with Gasteiger partial charge in [0.05, 0.1) is 6.21 Å². The van der Waals surface area contributed by atoms with Gasteiger partial charge in [-0.25, -0.2) is 4.39 Å². The molecule has 0 radical (unpaired) electrons. The van der Waals surface area contributed by atoms with Crippen LogP contribution in [-0.2, 0) is 0 Å². The average molecular weight is 259 g/mol. The quantitative estimate of drug-likeness (QED) is 0.475. The highest BCUT2D eigenvalue weighted by atomic mass is 79.9. The lowest BCUT2D eigenvalue weighted by Crippen LogP contribution is -2.21. The Bertz CT molecular complexity index is 365. The Morgan fingerprint density at radius 3 is 2.71 bits per heavy atom. The molecule has 0 spiro atoms. The number of rotatable bonds is 2. The van der Waals surface area contributed by atoms with Gasteiger partial charge in [0.2, 0.25) is 5.96 Å². The third-order valence-corrected chi connectivity index (χ3v) is 2.05. The SMILES string of the molecule is NC(N)=NN=Cc1c(F)cccc1Br. The van der Waals surface area contributed by atoms with Crippen molar-refractivity contribution in [3.63, 3.8) is 0 Å². The highest BCUT2D eigenvalue weighted by Gasteiger charge is 2.02. The standard InChI is InChI=1S/C8H8BrFN4/c9-6-2-1-3-7(10)5(6)4-13-14-8(11)12/h1-4H,(H4,11,12,14). The summed E-state index contributed by atoms with van der Waals surface area (Å²) in [5.74, 6) is -0.567. The van der Waals surface area contributed by atoms with E-state index < -0.39 is 5.82 Å². The monoisotopic (exact) mass is 258 g/mol. The molecule has 1 aromatic rings. The fraction of sp³-hybridized carbons (Fsp3) is 0. The molecular weight excluding hydrogens is 251 g/mol. The topological polar surface area (TPSA) is 76.8 Å². The minimum Gasteiger partial charge on any atom is -0.369 e. The lowest BCUT2D eigenvalue weighted by atomic mass is 10.2. The van der Waals surface area contributed by atoms with E-state index in [0.29, 0.717) is 10.0 Å². The zero-order valence-electron chi connectivity index (χ0n) is 7.11. The van der Waals surface area contributed by atoms with Crippen LogP contribution < -0.4 is 11.5 Å². The third-order valence-electron chi connectivity index (χ3n) is 1.36. The van der Waals surface area contributed by atoms with E-state index in [9.17, 15) is 4.39 Å². The van der Waals surface area contributed by atoms with Crippen molar-refractivity contribution in [2.24, 2.45) is 21.7 Å². The number of benzene rings is 1. The van der Waals surface area contributed by atoms with Gasteiger partial charge in [-0.1, -0.05) is 22.0 Å². The van der Waals surface area contributed by atoms with Gasteiger partial charge < -0.3 is 11.5 Å². The molecule has 0 aliphatic heterocycles. The number of nitrogens with zero attached hydrogens (tertiary/aromatic N) is 2. The van der Waals surface area contributed by atoms with Gasteiger partial charge in [0.25, 0.3) is 0 Å². The second-order valence-corrected chi connectivity index (χ2v) is 3.26. The minimum atomic E-state index is -0.395. The molecule has 6 heteroatoms. The van der Waals surface area contributed by atoms with Gasteiger partial charge in [0, 0.05) is 10.0 Å². The smallest absolute Gasteiger partial charge is 0.211 e. The summed E-state index contributed by atoms with van der Waals surface area (Å²) in [4.78, 5) is 0. The summed E-state index contributed by atoms with van der Waals surface area (Å²) < 4.78 is 13.7. The molecule has 0 atom stereocenters. The molecule has 0 saturated carbocycles. The lowest BCUT2D eigenvalue weighted by molar-refractivity contribution is 0.625. The molecule has 0 unspecified atom stereocenters. The van der Waals surface area contributed by atoms with Crippen molar-refractivity contribution in [1.82, 2.24) is 0 Å². The minimum absolute atomic E-state index is 0.172. The Balaban J connectivity index is 2.97. The Hall–Kier alpha value is -1.43. The first-order valence-corrected chi connectivity index (χ1v) is 4.46. The highest BCUT2D eigenvalue weighted by molar-refractivity contribution is 9.10. The van der Waals surface area contributed by atoms with Crippen molar-refractivity contribution in [1.29, 1.82) is 0 Å². The molecule has 0 heterocycles. The molecule has 0 saturated heterocycles. The van der Waals surface area contributed by atoms with E-state index in [-0.39, 0.29) is 5.96 Å². The van der Waals surface area contributed by atoms with Gasteiger partial charge in [0.1, 0.15) is 5.82 Å². The van der Waals surface area contributed by atoms with Crippen molar-refractivity contribution in [2.75, 3.05) is 0 Å². The van der Waals surface area contributed by atoms with E-state index in [0.717, 1.165) is 0 Å². The normalized spacial score (nSPS) is 10.4. The molecule has 0 aliphatic rings. The molecule has 0 amide bonds. The lowest BCUT2D eigenvalue weighted by Gasteiger charge is -1.97. The van der Waals surface area contributed by atoms with E-state index in [2.05, 4.69) is 26.1 Å². The average Bonchev–Trinajstić information content (AvgIpc) is 2.09. The van der Waals surface area contributed by atoms with Crippen LogP contribution in [-0.4, -0.2) is 12.2 Å². The van der Waals surface area contributed by atoms with Gasteiger partial charge in [-0.05, 0) is 12.1 Å². The maximum Gasteiger partial charge on any atom is 0.211 e. The molecule has 0 fully saturated rings. The number of nitrogens with two attached hydrogens (primary N) is 2. The van der Waals surface area contributed by atoms with Crippen molar-refractivity contribution >= 4 is 28.1 Å². The molecule has 4 N–H and O–H groups in total. The summed E-state index contributed by atoms with van der Waals surface area (Å²) >= 11 is 3.17. The summed E-state index contributed by atoms with van der Waals surface area (Å²) in [7, 11) is 0. The van der Waals surface area contributed by atoms with Gasteiger partial charge >= 0.3 is 0 Å². The van der Waals surface area contributed by atoms with Crippen LogP contribution in [0.5, 0.6) is 0 Å². The van der Waals surface area contributed by atoms with Crippen molar-refractivity contribution in [2.45, 2.75) is 0 Å². The fourth-order valence-corrected chi connectivity index (χ4v) is 1.23. The largest absolute Gasteiger partial charge is 0.369 e. The van der Waals surface area contributed by atoms with E-state index in [1.807, 2.05) is 0 Å². The van der Waals surface area contributed by atoms with Crippen LogP contribution in [0.4, 0.5) is 4.39 Å². The number of hydrogen-bond donors (Lipinski definition) is 2. The molecule has 14 heavy (non-hydrogen) atoms. The van der Waals surface area contributed by atoms with Crippen LogP contribution in [0.25, 0.3) is 0 Å². The van der Waals surface area contributed by atoms with Crippen LogP contribution in [0, 0.1) is 5.82 Å². The van der Waals surface area contributed by atoms with E-state index >= 15 is 0 Å². The molecular formula is C8H8BrFN4. The van der Waals surface area contributed by atoms with Crippen LogP contribution in [0.2, 0.25) is 0 Å². The van der Waals surface area contributed by atoms with Crippen LogP contribution >= 0.6 is 15.9 Å². The second kappa shape index (κ2) is 4.71. The number of halogens is 2. The van der Waals surface area contributed by atoms with Crippen molar-refractivity contribution < 1.29 is 4.39 Å². The molecule has 1 rings (SSSR count). The summed E-state index contributed by atoms with van der Waals surface area (Å²) in [5, 5.41) is 6.86. The first-order valence-electron chi connectivity index (χ1n) is 3.67. The second-order valence-electron chi connectivity index (χ2n) is 2.40. The zero-order valence-corrected chi connectivity index (χ0v) is 8.70. The van der Waals surface area contributed by atoms with Gasteiger partial charge in [-0.2, -0.15) is 5.10 Å². The Labute approximate surface area is 88.6 Å². The number of guanidine groups is 1. The molecule has 0 aromatic heterocycles. The summed E-state index contributed by atoms with van der Waals surface area (Å²) in [5.41, 5.74) is 10.4. The predicted octanol–water partition coefficient (Wildman–Crippen LogP) is 1.20. The molecule has 1 aromatic carbocycles. The fourth-order valence-electron chi connectivity index (χ4n) is 0.787. The summed E-state index contributed by atoms with van der Waals surface area (Å²) in [6.45, 7) is 0. The van der Waals surface area contributed by atoms with Gasteiger partial charge in [-0.3, -0.25) is 0 Å². The maximum absolute atomic E-state index is 13.1. The highest BCUT2D eigenvalue weighted by Crippen LogP contribution is 2.17. The molecule has 0 bridgehead atoms. The predicted molar refractivity (Wildman–Crippen MR) is 57.5 cm³/mol. The van der Waals surface area contributed by atoms with Gasteiger partial charge in [-0.15, -0.1) is 5.10 Å². The Kier molecular flexibility index (Phi) is 3.58. The van der Waals surface area contributed by atoms with Crippen LogP contribution in [0.3, 0.4) is 0 Å². The zero-order chi connectivity index (χ0) is 10.6. The number of hydrogen-bond acceptors (Lipinski definition) is 2. The van der Waals surface area contributed by atoms with Crippen LogP contribution in [0.15, 0.2) is 32.9 Å². The summed E-state index contributed by atoms with van der Waals surface area (Å²) in [6, 6.07) is 4.60. The molecule has 74 valence electrons. The Morgan fingerprint density at radius 2 is 2.14 bits per heavy atom. The first kappa shape index (κ1) is 10.6. The van der Waals surface area contributed by atoms with E-state index in [4.69, 9.17) is 11.5 Å². The van der Waals surface area contributed by atoms with E-state index in [1.54, 1.807) is 12.1 Å². The van der Waals surface area contributed by atoms with E-state index in [1.165, 1.54) is 12.3 Å². The van der Waals surface area contributed by atoms with Crippen molar-refractivity contribution in [3.05, 3.63) is 34.1 Å². The first-order chi connectivity index (χ1) is 6.61. The molecule has 4 nitrogen and oxygen atoms in total. The van der Waals surface area contributed by atoms with Crippen LogP contribution in [0.1, 0.15) is 5.56 Å². The third kappa shape index (κ3) is 2.81. The Morgan fingerprint density at radius 1 is 1.43 bits per heavy atom.